The average Bonchev–Trinajstić information content (AvgIpc) is 2.56. The van der Waals surface area contributed by atoms with Gasteiger partial charge in [0.05, 0.1) is 5.56 Å². The highest BCUT2D eigenvalue weighted by molar-refractivity contribution is 5.89. The first-order valence-corrected chi connectivity index (χ1v) is 6.81. The van der Waals surface area contributed by atoms with Crippen LogP contribution in [0.3, 0.4) is 0 Å². The van der Waals surface area contributed by atoms with Crippen LogP contribution in [-0.2, 0) is 0 Å². The SMILES string of the molecule is O=C(O)c1cccc(Nc2ccnc(-c3ccc(F)cc3)n2)c1. The van der Waals surface area contributed by atoms with Crippen molar-refractivity contribution in [2.75, 3.05) is 5.32 Å². The molecule has 3 aromatic rings. The van der Waals surface area contributed by atoms with E-state index in [2.05, 4.69) is 15.3 Å². The summed E-state index contributed by atoms with van der Waals surface area (Å²) in [7, 11) is 0. The Hall–Kier alpha value is -3.28. The van der Waals surface area contributed by atoms with Crippen LogP contribution in [0, 0.1) is 5.82 Å². The number of benzene rings is 2. The number of carboxylic acids is 1. The zero-order valence-corrected chi connectivity index (χ0v) is 11.9. The quantitative estimate of drug-likeness (QED) is 0.768. The third kappa shape index (κ3) is 3.49. The molecule has 1 aromatic heterocycles. The van der Waals surface area contributed by atoms with Gasteiger partial charge in [-0.15, -0.1) is 0 Å². The zero-order valence-electron chi connectivity index (χ0n) is 11.9. The van der Waals surface area contributed by atoms with Gasteiger partial charge in [0.25, 0.3) is 0 Å². The Labute approximate surface area is 131 Å². The van der Waals surface area contributed by atoms with E-state index in [0.29, 0.717) is 22.9 Å². The highest BCUT2D eigenvalue weighted by Gasteiger charge is 2.06. The summed E-state index contributed by atoms with van der Waals surface area (Å²) in [4.78, 5) is 19.5. The third-order valence-corrected chi connectivity index (χ3v) is 3.14. The number of carbonyl (C=O) groups is 1. The normalized spacial score (nSPS) is 10.3. The Kier molecular flexibility index (Phi) is 3.97. The lowest BCUT2D eigenvalue weighted by atomic mass is 10.2. The Bertz CT molecular complexity index is 850. The summed E-state index contributed by atoms with van der Waals surface area (Å²) in [6.07, 6.45) is 1.58. The molecule has 114 valence electrons. The standard InChI is InChI=1S/C17H12FN3O2/c18-13-6-4-11(5-7-13)16-19-9-8-15(21-16)20-14-3-1-2-12(10-14)17(22)23/h1-10H,(H,22,23)(H,19,20,21). The van der Waals surface area contributed by atoms with Gasteiger partial charge in [0.1, 0.15) is 11.6 Å². The van der Waals surface area contributed by atoms with E-state index in [0.717, 1.165) is 0 Å². The van der Waals surface area contributed by atoms with Crippen molar-refractivity contribution in [1.82, 2.24) is 9.97 Å². The molecule has 3 rings (SSSR count). The molecule has 1 heterocycles. The molecule has 5 nitrogen and oxygen atoms in total. The van der Waals surface area contributed by atoms with Crippen molar-refractivity contribution in [2.24, 2.45) is 0 Å². The summed E-state index contributed by atoms with van der Waals surface area (Å²) in [6.45, 7) is 0. The molecule has 6 heteroatoms. The van der Waals surface area contributed by atoms with Crippen LogP contribution in [0.25, 0.3) is 11.4 Å². The lowest BCUT2D eigenvalue weighted by Crippen LogP contribution is -2.00. The number of nitrogens with zero attached hydrogens (tertiary/aromatic N) is 2. The van der Waals surface area contributed by atoms with E-state index < -0.39 is 5.97 Å². The zero-order chi connectivity index (χ0) is 16.2. The van der Waals surface area contributed by atoms with Crippen molar-refractivity contribution in [3.05, 3.63) is 72.2 Å². The van der Waals surface area contributed by atoms with Crippen LogP contribution in [0.5, 0.6) is 0 Å². The molecule has 0 atom stereocenters. The lowest BCUT2D eigenvalue weighted by Gasteiger charge is -2.08. The monoisotopic (exact) mass is 309 g/mol. The van der Waals surface area contributed by atoms with E-state index in [1.54, 1.807) is 36.5 Å². The first kappa shape index (κ1) is 14.6. The van der Waals surface area contributed by atoms with Gasteiger partial charge < -0.3 is 10.4 Å². The van der Waals surface area contributed by atoms with E-state index in [1.807, 2.05) is 0 Å². The molecule has 0 unspecified atom stereocenters. The van der Waals surface area contributed by atoms with Gasteiger partial charge in [-0.25, -0.2) is 19.2 Å². The van der Waals surface area contributed by atoms with E-state index in [9.17, 15) is 9.18 Å². The van der Waals surface area contributed by atoms with Crippen molar-refractivity contribution >= 4 is 17.5 Å². The van der Waals surface area contributed by atoms with Gasteiger partial charge in [-0.05, 0) is 48.5 Å². The molecule has 0 bridgehead atoms. The van der Waals surface area contributed by atoms with Gasteiger partial charge >= 0.3 is 5.97 Å². The van der Waals surface area contributed by atoms with E-state index >= 15 is 0 Å². The minimum atomic E-state index is -0.997. The molecule has 0 aliphatic rings. The van der Waals surface area contributed by atoms with E-state index in [1.165, 1.54) is 24.3 Å². The maximum Gasteiger partial charge on any atom is 0.335 e. The fraction of sp³-hybridized carbons (Fsp3) is 0. The minimum Gasteiger partial charge on any atom is -0.478 e. The number of carboxylic acid groups (broad SMARTS) is 1. The summed E-state index contributed by atoms with van der Waals surface area (Å²) >= 11 is 0. The second kappa shape index (κ2) is 6.23. The van der Waals surface area contributed by atoms with E-state index in [4.69, 9.17) is 5.11 Å². The molecule has 2 aromatic carbocycles. The van der Waals surface area contributed by atoms with Crippen LogP contribution < -0.4 is 5.32 Å². The molecular formula is C17H12FN3O2. The molecule has 0 fully saturated rings. The highest BCUT2D eigenvalue weighted by atomic mass is 19.1. The maximum atomic E-state index is 13.0. The topological polar surface area (TPSA) is 75.1 Å². The van der Waals surface area contributed by atoms with Crippen molar-refractivity contribution in [2.45, 2.75) is 0 Å². The van der Waals surface area contributed by atoms with Crippen LogP contribution in [0.15, 0.2) is 60.8 Å². The van der Waals surface area contributed by atoms with Gasteiger partial charge in [-0.2, -0.15) is 0 Å². The predicted molar refractivity (Wildman–Crippen MR) is 84.1 cm³/mol. The second-order valence-electron chi connectivity index (χ2n) is 4.78. The van der Waals surface area contributed by atoms with Gasteiger partial charge in [-0.3, -0.25) is 0 Å². The summed E-state index contributed by atoms with van der Waals surface area (Å²) in [5, 5.41) is 12.0. The van der Waals surface area contributed by atoms with Crippen LogP contribution >= 0.6 is 0 Å². The van der Waals surface area contributed by atoms with Crippen LogP contribution in [0.4, 0.5) is 15.9 Å². The molecule has 23 heavy (non-hydrogen) atoms. The first-order chi connectivity index (χ1) is 11.1. The summed E-state index contributed by atoms with van der Waals surface area (Å²) in [5.74, 6) is -0.358. The minimum absolute atomic E-state index is 0.183. The first-order valence-electron chi connectivity index (χ1n) is 6.81. The number of anilines is 2. The molecule has 0 amide bonds. The predicted octanol–water partition coefficient (Wildman–Crippen LogP) is 3.72. The number of halogens is 1. The van der Waals surface area contributed by atoms with Gasteiger partial charge in [0.2, 0.25) is 0 Å². The molecule has 0 saturated carbocycles. The fourth-order valence-electron chi connectivity index (χ4n) is 2.04. The lowest BCUT2D eigenvalue weighted by molar-refractivity contribution is 0.0697. The van der Waals surface area contributed by atoms with E-state index in [-0.39, 0.29) is 11.4 Å². The second-order valence-corrected chi connectivity index (χ2v) is 4.78. The smallest absolute Gasteiger partial charge is 0.335 e. The number of nitrogens with one attached hydrogen (secondary N) is 1. The third-order valence-electron chi connectivity index (χ3n) is 3.14. The molecule has 2 N–H and O–H groups in total. The summed E-state index contributed by atoms with van der Waals surface area (Å²) < 4.78 is 13.0. The Balaban J connectivity index is 1.87. The van der Waals surface area contributed by atoms with Gasteiger partial charge in [0, 0.05) is 17.4 Å². The average molecular weight is 309 g/mol. The number of rotatable bonds is 4. The van der Waals surface area contributed by atoms with Crippen molar-refractivity contribution in [1.29, 1.82) is 0 Å². The molecule has 0 spiro atoms. The Morgan fingerprint density at radius 1 is 1.09 bits per heavy atom. The molecule has 0 aliphatic carbocycles. The Morgan fingerprint density at radius 2 is 1.87 bits per heavy atom. The van der Waals surface area contributed by atoms with Crippen LogP contribution in [-0.4, -0.2) is 21.0 Å². The van der Waals surface area contributed by atoms with Crippen molar-refractivity contribution in [3.63, 3.8) is 0 Å². The summed E-state index contributed by atoms with van der Waals surface area (Å²) in [6, 6.07) is 14.0. The molecular weight excluding hydrogens is 297 g/mol. The Morgan fingerprint density at radius 3 is 2.61 bits per heavy atom. The molecule has 0 radical (unpaired) electrons. The maximum absolute atomic E-state index is 13.0. The molecule has 0 saturated heterocycles. The number of hydrogen-bond donors (Lipinski definition) is 2. The number of hydrogen-bond acceptors (Lipinski definition) is 4. The van der Waals surface area contributed by atoms with Gasteiger partial charge in [-0.1, -0.05) is 6.07 Å². The van der Waals surface area contributed by atoms with Crippen LogP contribution in [0.2, 0.25) is 0 Å². The number of aromatic nitrogens is 2. The highest BCUT2D eigenvalue weighted by Crippen LogP contribution is 2.20. The number of aromatic carboxylic acids is 1. The van der Waals surface area contributed by atoms with Gasteiger partial charge in [0.15, 0.2) is 5.82 Å². The fourth-order valence-corrected chi connectivity index (χ4v) is 2.04. The summed E-state index contributed by atoms with van der Waals surface area (Å²) in [5.41, 5.74) is 1.48. The van der Waals surface area contributed by atoms with Crippen molar-refractivity contribution in [3.8, 4) is 11.4 Å². The van der Waals surface area contributed by atoms with Crippen molar-refractivity contribution < 1.29 is 14.3 Å². The van der Waals surface area contributed by atoms with Crippen LogP contribution in [0.1, 0.15) is 10.4 Å². The molecule has 0 aliphatic heterocycles. The largest absolute Gasteiger partial charge is 0.478 e.